The first-order valence-corrected chi connectivity index (χ1v) is 4.42. The molecule has 0 aromatic heterocycles. The molecule has 0 aromatic carbocycles. The fourth-order valence-corrected chi connectivity index (χ4v) is 0.986. The second-order valence-electron chi connectivity index (χ2n) is 1.66. The van der Waals surface area contributed by atoms with Crippen molar-refractivity contribution >= 4 is 43.8 Å². The van der Waals surface area contributed by atoms with Crippen LogP contribution in [0.1, 0.15) is 0 Å². The highest BCUT2D eigenvalue weighted by molar-refractivity contribution is 9.12. The van der Waals surface area contributed by atoms with Gasteiger partial charge in [0.1, 0.15) is 9.65 Å². The fourth-order valence-electron chi connectivity index (χ4n) is 0.357. The van der Waals surface area contributed by atoms with Crippen LogP contribution >= 0.6 is 31.9 Å². The van der Waals surface area contributed by atoms with Crippen molar-refractivity contribution in [1.29, 1.82) is 0 Å². The summed E-state index contributed by atoms with van der Waals surface area (Å²) < 4.78 is 4.30. The Balaban J connectivity index is 4.12. The van der Waals surface area contributed by atoms with Crippen molar-refractivity contribution in [2.75, 3.05) is 7.11 Å². The normalized spacial score (nSPS) is 15.2. The summed E-state index contributed by atoms with van der Waals surface area (Å²) in [6.07, 6.45) is 0. The monoisotopic (exact) mass is 288 g/mol. The molecule has 0 saturated heterocycles. The van der Waals surface area contributed by atoms with E-state index < -0.39 is 21.6 Å². The first-order chi connectivity index (χ1) is 5.00. The number of carbonyl (C=O) groups is 2. The van der Waals surface area contributed by atoms with E-state index in [0.717, 1.165) is 0 Å². The van der Waals surface area contributed by atoms with E-state index in [1.807, 2.05) is 0 Å². The maximum absolute atomic E-state index is 10.7. The van der Waals surface area contributed by atoms with Gasteiger partial charge in [0.15, 0.2) is 0 Å². The van der Waals surface area contributed by atoms with Gasteiger partial charge in [0.05, 0.1) is 7.11 Å². The molecule has 0 aliphatic carbocycles. The third-order valence-corrected chi connectivity index (χ3v) is 3.45. The summed E-state index contributed by atoms with van der Waals surface area (Å²) in [6, 6.07) is 0. The zero-order chi connectivity index (χ0) is 9.02. The van der Waals surface area contributed by atoms with E-state index in [0.29, 0.717) is 0 Å². The number of carboxylic acids is 1. The van der Waals surface area contributed by atoms with Crippen LogP contribution in [0.2, 0.25) is 0 Å². The van der Waals surface area contributed by atoms with Crippen LogP contribution in [0.15, 0.2) is 0 Å². The molecule has 64 valence electrons. The molecule has 0 amide bonds. The lowest BCUT2D eigenvalue weighted by Gasteiger charge is -2.09. The Labute approximate surface area is 80.2 Å². The van der Waals surface area contributed by atoms with E-state index in [-0.39, 0.29) is 0 Å². The van der Waals surface area contributed by atoms with Crippen molar-refractivity contribution in [3.8, 4) is 0 Å². The SMILES string of the molecule is COC(=O)C(Br)C(Br)C(=O)O. The molecule has 0 fully saturated rings. The Kier molecular flexibility index (Phi) is 4.67. The number of rotatable bonds is 3. The van der Waals surface area contributed by atoms with E-state index in [4.69, 9.17) is 5.11 Å². The average molecular weight is 290 g/mol. The van der Waals surface area contributed by atoms with E-state index in [2.05, 4.69) is 36.6 Å². The van der Waals surface area contributed by atoms with E-state index >= 15 is 0 Å². The summed E-state index contributed by atoms with van der Waals surface area (Å²) in [5.41, 5.74) is 0. The highest BCUT2D eigenvalue weighted by Gasteiger charge is 2.29. The molecule has 0 spiro atoms. The highest BCUT2D eigenvalue weighted by atomic mass is 79.9. The second-order valence-corrected chi connectivity index (χ2v) is 3.64. The van der Waals surface area contributed by atoms with Gasteiger partial charge in [0.25, 0.3) is 0 Å². The first-order valence-electron chi connectivity index (χ1n) is 2.59. The molecule has 0 aliphatic heterocycles. The van der Waals surface area contributed by atoms with Gasteiger partial charge >= 0.3 is 11.9 Å². The van der Waals surface area contributed by atoms with Crippen molar-refractivity contribution in [1.82, 2.24) is 0 Å². The molecule has 11 heavy (non-hydrogen) atoms. The van der Waals surface area contributed by atoms with Crippen LogP contribution in [-0.4, -0.2) is 33.8 Å². The maximum atomic E-state index is 10.7. The average Bonchev–Trinajstić information content (AvgIpc) is 2.00. The summed E-state index contributed by atoms with van der Waals surface area (Å²) in [5.74, 6) is -1.73. The van der Waals surface area contributed by atoms with Crippen LogP contribution in [0.5, 0.6) is 0 Å². The third kappa shape index (κ3) is 3.20. The van der Waals surface area contributed by atoms with Gasteiger partial charge in [-0.2, -0.15) is 0 Å². The van der Waals surface area contributed by atoms with Crippen LogP contribution in [-0.2, 0) is 14.3 Å². The quantitative estimate of drug-likeness (QED) is 0.616. The largest absolute Gasteiger partial charge is 0.480 e. The van der Waals surface area contributed by atoms with Gasteiger partial charge < -0.3 is 9.84 Å². The molecule has 1 N–H and O–H groups in total. The summed E-state index contributed by atoms with van der Waals surface area (Å²) in [6.45, 7) is 0. The number of alkyl halides is 2. The zero-order valence-corrected chi connectivity index (χ0v) is 8.75. The van der Waals surface area contributed by atoms with Crippen LogP contribution in [0.3, 0.4) is 0 Å². The molecule has 0 aromatic rings. The lowest BCUT2D eigenvalue weighted by atomic mass is 10.3. The van der Waals surface area contributed by atoms with Gasteiger partial charge in [-0.15, -0.1) is 0 Å². The van der Waals surface area contributed by atoms with Gasteiger partial charge in [0.2, 0.25) is 0 Å². The summed E-state index contributed by atoms with van der Waals surface area (Å²) in [4.78, 5) is 19.2. The second kappa shape index (κ2) is 4.71. The molecule has 0 rings (SSSR count). The molecule has 2 atom stereocenters. The van der Waals surface area contributed by atoms with Gasteiger partial charge in [-0.05, 0) is 0 Å². The number of ether oxygens (including phenoxy) is 1. The molecule has 0 aliphatic rings. The molecular formula is C5H6Br2O4. The third-order valence-electron chi connectivity index (χ3n) is 0.919. The minimum absolute atomic E-state index is 0.616. The van der Waals surface area contributed by atoms with Crippen molar-refractivity contribution in [3.63, 3.8) is 0 Å². The number of esters is 1. The molecule has 0 radical (unpaired) electrons. The lowest BCUT2D eigenvalue weighted by Crippen LogP contribution is -2.31. The van der Waals surface area contributed by atoms with Gasteiger partial charge in [-0.25, -0.2) is 0 Å². The minimum Gasteiger partial charge on any atom is -0.480 e. The Morgan fingerprint density at radius 1 is 1.36 bits per heavy atom. The maximum Gasteiger partial charge on any atom is 0.321 e. The Hall–Kier alpha value is -0.100. The number of hydrogen-bond acceptors (Lipinski definition) is 3. The minimum atomic E-state index is -1.11. The first kappa shape index (κ1) is 10.9. The molecule has 0 saturated carbocycles. The lowest BCUT2D eigenvalue weighted by molar-refractivity contribution is -0.144. The number of methoxy groups -OCH3 is 1. The van der Waals surface area contributed by atoms with Gasteiger partial charge in [0, 0.05) is 0 Å². The fraction of sp³-hybridized carbons (Fsp3) is 0.600. The van der Waals surface area contributed by atoms with Crippen molar-refractivity contribution in [2.45, 2.75) is 9.65 Å². The van der Waals surface area contributed by atoms with Crippen molar-refractivity contribution < 1.29 is 19.4 Å². The van der Waals surface area contributed by atoms with Crippen molar-refractivity contribution in [2.24, 2.45) is 0 Å². The van der Waals surface area contributed by atoms with Gasteiger partial charge in [-0.1, -0.05) is 31.9 Å². The Morgan fingerprint density at radius 3 is 2.09 bits per heavy atom. The number of aliphatic carboxylic acids is 1. The summed E-state index contributed by atoms with van der Waals surface area (Å²) in [7, 11) is 1.19. The molecule has 6 heteroatoms. The van der Waals surface area contributed by atoms with Gasteiger partial charge in [-0.3, -0.25) is 9.59 Å². The molecule has 0 bridgehead atoms. The predicted octanol–water partition coefficient (Wildman–Crippen LogP) is 0.771. The zero-order valence-electron chi connectivity index (χ0n) is 5.58. The van der Waals surface area contributed by atoms with E-state index in [9.17, 15) is 9.59 Å². The van der Waals surface area contributed by atoms with Crippen molar-refractivity contribution in [3.05, 3.63) is 0 Å². The number of carboxylic acid groups (broad SMARTS) is 1. The predicted molar refractivity (Wildman–Crippen MR) is 45.1 cm³/mol. The van der Waals surface area contributed by atoms with Crippen LogP contribution in [0, 0.1) is 0 Å². The number of hydrogen-bond donors (Lipinski definition) is 1. The van der Waals surface area contributed by atoms with Crippen LogP contribution in [0.25, 0.3) is 0 Å². The summed E-state index contributed by atoms with van der Waals surface area (Å²) >= 11 is 5.67. The smallest absolute Gasteiger partial charge is 0.321 e. The Morgan fingerprint density at radius 2 is 1.82 bits per heavy atom. The Bertz CT molecular complexity index is 170. The topological polar surface area (TPSA) is 63.6 Å². The van der Waals surface area contributed by atoms with Crippen LogP contribution in [0.4, 0.5) is 0 Å². The molecule has 0 heterocycles. The molecular weight excluding hydrogens is 284 g/mol. The standard InChI is InChI=1S/C5H6Br2O4/c1-11-5(10)3(7)2(6)4(8)9/h2-3H,1H3,(H,8,9). The van der Waals surface area contributed by atoms with E-state index in [1.54, 1.807) is 0 Å². The van der Waals surface area contributed by atoms with E-state index in [1.165, 1.54) is 7.11 Å². The molecule has 2 unspecified atom stereocenters. The molecule has 4 nitrogen and oxygen atoms in total. The number of halogens is 2. The summed E-state index contributed by atoms with van der Waals surface area (Å²) in [5, 5.41) is 8.41. The highest BCUT2D eigenvalue weighted by Crippen LogP contribution is 2.15. The van der Waals surface area contributed by atoms with Crippen LogP contribution < -0.4 is 0 Å². The number of carbonyl (C=O) groups excluding carboxylic acids is 1.